The van der Waals surface area contributed by atoms with Crippen molar-refractivity contribution in [1.29, 1.82) is 0 Å². The Kier molecular flexibility index (Phi) is 5.49. The number of carboxylic acid groups (broad SMARTS) is 1. The molecule has 8 heteroatoms. The van der Waals surface area contributed by atoms with Gasteiger partial charge in [-0.1, -0.05) is 29.8 Å². The molecule has 1 amide bonds. The van der Waals surface area contributed by atoms with Gasteiger partial charge in [0.2, 0.25) is 0 Å². The van der Waals surface area contributed by atoms with Crippen molar-refractivity contribution in [2.24, 2.45) is 0 Å². The smallest absolute Gasteiger partial charge is 0.270 e. The van der Waals surface area contributed by atoms with Gasteiger partial charge in [0.15, 0.2) is 0 Å². The third-order valence-electron chi connectivity index (χ3n) is 3.27. The number of hydrogen-bond acceptors (Lipinski definition) is 5. The maximum absolute atomic E-state index is 12.3. The van der Waals surface area contributed by atoms with E-state index in [4.69, 9.17) is 11.6 Å². The Balaban J connectivity index is 2.24. The van der Waals surface area contributed by atoms with Crippen molar-refractivity contribution in [1.82, 2.24) is 5.32 Å². The molecule has 0 aliphatic heterocycles. The molecule has 0 aromatic heterocycles. The molecule has 7 nitrogen and oxygen atoms in total. The lowest BCUT2D eigenvalue weighted by molar-refractivity contribution is -0.384. The van der Waals surface area contributed by atoms with Gasteiger partial charge >= 0.3 is 0 Å². The summed E-state index contributed by atoms with van der Waals surface area (Å²) in [4.78, 5) is 33.4. The number of nitro groups is 1. The zero-order valence-electron chi connectivity index (χ0n) is 12.3. The highest BCUT2D eigenvalue weighted by Gasteiger charge is 2.18. The van der Waals surface area contributed by atoms with Crippen LogP contribution in [0.15, 0.2) is 48.5 Å². The molecule has 124 valence electrons. The normalized spacial score (nSPS) is 11.5. The highest BCUT2D eigenvalue weighted by Crippen LogP contribution is 2.20. The predicted octanol–water partition coefficient (Wildman–Crippen LogP) is 1.86. The standard InChI is InChI=1S/C16H13ClN2O5/c17-12-6-4-10(5-7-12)14(9-15(20)21)18-16(22)11-2-1-3-13(8-11)19(23)24/h1-8,14H,9H2,(H,18,22)(H,20,21)/p-1/t14-/m0/s1. The fraction of sp³-hybridized carbons (Fsp3) is 0.125. The van der Waals surface area contributed by atoms with Crippen molar-refractivity contribution in [3.63, 3.8) is 0 Å². The van der Waals surface area contributed by atoms with Crippen molar-refractivity contribution in [3.05, 3.63) is 74.8 Å². The second kappa shape index (κ2) is 7.56. The first-order valence-electron chi connectivity index (χ1n) is 6.87. The van der Waals surface area contributed by atoms with E-state index in [2.05, 4.69) is 5.32 Å². The van der Waals surface area contributed by atoms with Crippen LogP contribution >= 0.6 is 11.6 Å². The number of hydrogen-bond donors (Lipinski definition) is 1. The number of carbonyl (C=O) groups excluding carboxylic acids is 2. The molecule has 0 bridgehead atoms. The van der Waals surface area contributed by atoms with Gasteiger partial charge in [-0.15, -0.1) is 0 Å². The number of carbonyl (C=O) groups is 2. The monoisotopic (exact) mass is 347 g/mol. The third kappa shape index (κ3) is 4.53. The van der Waals surface area contributed by atoms with E-state index < -0.39 is 29.3 Å². The van der Waals surface area contributed by atoms with Gasteiger partial charge in [0.25, 0.3) is 11.6 Å². The number of rotatable bonds is 6. The molecule has 0 unspecified atom stereocenters. The van der Waals surface area contributed by atoms with Gasteiger partial charge in [-0.25, -0.2) is 0 Å². The average molecular weight is 348 g/mol. The number of benzene rings is 2. The van der Waals surface area contributed by atoms with E-state index in [1.807, 2.05) is 0 Å². The van der Waals surface area contributed by atoms with E-state index in [0.717, 1.165) is 6.07 Å². The van der Waals surface area contributed by atoms with Gasteiger partial charge in [0.1, 0.15) is 0 Å². The van der Waals surface area contributed by atoms with Gasteiger partial charge < -0.3 is 15.2 Å². The SMILES string of the molecule is O=C([O-])C[C@H](NC(=O)c1cccc([N+](=O)[O-])c1)c1ccc(Cl)cc1. The van der Waals surface area contributed by atoms with Crippen molar-refractivity contribution >= 4 is 29.2 Å². The first-order chi connectivity index (χ1) is 11.4. The van der Waals surface area contributed by atoms with E-state index in [0.29, 0.717) is 10.6 Å². The predicted molar refractivity (Wildman–Crippen MR) is 84.4 cm³/mol. The van der Waals surface area contributed by atoms with Crippen molar-refractivity contribution in [2.75, 3.05) is 0 Å². The summed E-state index contributed by atoms with van der Waals surface area (Å²) in [7, 11) is 0. The van der Waals surface area contributed by atoms with E-state index in [1.54, 1.807) is 24.3 Å². The van der Waals surface area contributed by atoms with Gasteiger partial charge in [0, 0.05) is 35.1 Å². The van der Waals surface area contributed by atoms with Crippen molar-refractivity contribution in [3.8, 4) is 0 Å². The Morgan fingerprint density at radius 2 is 1.83 bits per heavy atom. The highest BCUT2D eigenvalue weighted by atomic mass is 35.5. The summed E-state index contributed by atoms with van der Waals surface area (Å²) in [5, 5.41) is 24.7. The minimum absolute atomic E-state index is 0.0570. The first-order valence-corrected chi connectivity index (χ1v) is 7.25. The molecule has 0 aliphatic carbocycles. The van der Waals surface area contributed by atoms with Crippen LogP contribution in [0.25, 0.3) is 0 Å². The number of amides is 1. The summed E-state index contributed by atoms with van der Waals surface area (Å²) in [5.41, 5.74) is 0.356. The zero-order valence-corrected chi connectivity index (χ0v) is 13.0. The molecular weight excluding hydrogens is 336 g/mol. The van der Waals surface area contributed by atoms with E-state index in [9.17, 15) is 24.8 Å². The number of non-ortho nitro benzene ring substituents is 1. The largest absolute Gasteiger partial charge is 0.550 e. The number of nitrogens with one attached hydrogen (secondary N) is 1. The number of aliphatic carboxylic acids is 1. The summed E-state index contributed by atoms with van der Waals surface area (Å²) in [6, 6.07) is 10.6. The van der Waals surface area contributed by atoms with Crippen LogP contribution in [-0.2, 0) is 4.79 Å². The Bertz CT molecular complexity index is 776. The maximum atomic E-state index is 12.3. The molecule has 1 N–H and O–H groups in total. The molecule has 2 aromatic rings. The topological polar surface area (TPSA) is 112 Å². The second-order valence-electron chi connectivity index (χ2n) is 4.96. The Morgan fingerprint density at radius 3 is 2.42 bits per heavy atom. The third-order valence-corrected chi connectivity index (χ3v) is 3.52. The van der Waals surface area contributed by atoms with E-state index in [-0.39, 0.29) is 11.3 Å². The highest BCUT2D eigenvalue weighted by molar-refractivity contribution is 6.30. The average Bonchev–Trinajstić information content (AvgIpc) is 2.54. The maximum Gasteiger partial charge on any atom is 0.270 e. The lowest BCUT2D eigenvalue weighted by atomic mass is 10.0. The lowest BCUT2D eigenvalue weighted by Gasteiger charge is -2.20. The van der Waals surface area contributed by atoms with Crippen molar-refractivity contribution in [2.45, 2.75) is 12.5 Å². The molecule has 0 aliphatic rings. The number of nitro benzene ring substituents is 1. The fourth-order valence-corrected chi connectivity index (χ4v) is 2.24. The van der Waals surface area contributed by atoms with Crippen LogP contribution in [0.5, 0.6) is 0 Å². The molecule has 0 spiro atoms. The van der Waals surface area contributed by atoms with Gasteiger partial charge in [-0.3, -0.25) is 14.9 Å². The van der Waals surface area contributed by atoms with Crippen LogP contribution in [0.2, 0.25) is 5.02 Å². The Morgan fingerprint density at radius 1 is 1.17 bits per heavy atom. The Labute approximate surface area is 142 Å². The lowest BCUT2D eigenvalue weighted by Crippen LogP contribution is -2.34. The number of nitrogens with zero attached hydrogens (tertiary/aromatic N) is 1. The number of halogens is 1. The zero-order chi connectivity index (χ0) is 17.7. The molecular formula is C16H12ClN2O5-. The summed E-state index contributed by atoms with van der Waals surface area (Å²) < 4.78 is 0. The van der Waals surface area contributed by atoms with Crippen LogP contribution in [-0.4, -0.2) is 16.8 Å². The van der Waals surface area contributed by atoms with Gasteiger partial charge in [0.05, 0.1) is 11.0 Å². The Hall–Kier alpha value is -2.93. The first kappa shape index (κ1) is 17.4. The summed E-state index contributed by atoms with van der Waals surface area (Å²) in [6.45, 7) is 0. The van der Waals surface area contributed by atoms with Crippen LogP contribution < -0.4 is 10.4 Å². The number of carboxylic acids is 1. The minimum atomic E-state index is -1.34. The molecule has 0 saturated carbocycles. The summed E-state index contributed by atoms with van der Waals surface area (Å²) >= 11 is 5.79. The molecule has 1 atom stereocenters. The van der Waals surface area contributed by atoms with Crippen LogP contribution in [0.4, 0.5) is 5.69 Å². The molecule has 2 aromatic carbocycles. The van der Waals surface area contributed by atoms with E-state index >= 15 is 0 Å². The van der Waals surface area contributed by atoms with Crippen LogP contribution in [0, 0.1) is 10.1 Å². The quantitative estimate of drug-likeness (QED) is 0.633. The molecule has 0 heterocycles. The summed E-state index contributed by atoms with van der Waals surface area (Å²) in [6.07, 6.45) is -0.442. The second-order valence-corrected chi connectivity index (χ2v) is 5.40. The fourth-order valence-electron chi connectivity index (χ4n) is 2.12. The van der Waals surface area contributed by atoms with Crippen LogP contribution in [0.1, 0.15) is 28.4 Å². The van der Waals surface area contributed by atoms with Gasteiger partial charge in [-0.2, -0.15) is 0 Å². The molecule has 2 rings (SSSR count). The molecule has 0 fully saturated rings. The molecule has 24 heavy (non-hydrogen) atoms. The molecule has 0 radical (unpaired) electrons. The van der Waals surface area contributed by atoms with E-state index in [1.165, 1.54) is 18.2 Å². The summed E-state index contributed by atoms with van der Waals surface area (Å²) in [5.74, 6) is -1.96. The van der Waals surface area contributed by atoms with Gasteiger partial charge in [-0.05, 0) is 23.8 Å². The van der Waals surface area contributed by atoms with Crippen molar-refractivity contribution < 1.29 is 19.6 Å². The minimum Gasteiger partial charge on any atom is -0.550 e. The molecule has 0 saturated heterocycles. The van der Waals surface area contributed by atoms with Crippen LogP contribution in [0.3, 0.4) is 0 Å².